The maximum Gasteiger partial charge on any atom is 0.127 e. The van der Waals surface area contributed by atoms with Gasteiger partial charge in [0.2, 0.25) is 0 Å². The van der Waals surface area contributed by atoms with Gasteiger partial charge in [0.05, 0.1) is 13.3 Å². The van der Waals surface area contributed by atoms with Crippen LogP contribution in [0.1, 0.15) is 0 Å². The smallest absolute Gasteiger partial charge is 0.127 e. The minimum Gasteiger partial charge on any atom is -0.496 e. The van der Waals surface area contributed by atoms with Gasteiger partial charge >= 0.3 is 0 Å². The molecule has 2 aromatic rings. The number of rotatable bonds is 3. The summed E-state index contributed by atoms with van der Waals surface area (Å²) in [6.45, 7) is 0. The summed E-state index contributed by atoms with van der Waals surface area (Å²) in [7, 11) is 5.62. The molecule has 0 bridgehead atoms. The maximum atomic E-state index is 5.84. The van der Waals surface area contributed by atoms with Crippen molar-refractivity contribution in [1.29, 1.82) is 0 Å². The highest BCUT2D eigenvalue weighted by Gasteiger charge is 2.12. The largest absolute Gasteiger partial charge is 0.496 e. The third-order valence-corrected chi connectivity index (χ3v) is 2.66. The number of anilines is 2. The fraction of sp³-hybridized carbons (Fsp3) is 0.250. The fourth-order valence-electron chi connectivity index (χ4n) is 1.70. The second-order valence-corrected chi connectivity index (χ2v) is 3.98. The summed E-state index contributed by atoms with van der Waals surface area (Å²) in [6.07, 6.45) is 1.70. The standard InChI is InChI=1S/C12H16N4O/c1-16(2)8-4-5-11(17-3)9(6-8)10-7-14-15-12(10)13/h4-7H,1-3H3,(H3,13,14,15). The van der Waals surface area contributed by atoms with Crippen molar-refractivity contribution in [2.24, 2.45) is 0 Å². The molecule has 0 fully saturated rings. The van der Waals surface area contributed by atoms with E-state index in [1.54, 1.807) is 13.3 Å². The van der Waals surface area contributed by atoms with Gasteiger partial charge in [-0.2, -0.15) is 5.10 Å². The quantitative estimate of drug-likeness (QED) is 0.845. The lowest BCUT2D eigenvalue weighted by atomic mass is 10.1. The van der Waals surface area contributed by atoms with E-state index in [0.29, 0.717) is 5.82 Å². The van der Waals surface area contributed by atoms with Crippen molar-refractivity contribution >= 4 is 11.5 Å². The lowest BCUT2D eigenvalue weighted by Crippen LogP contribution is -2.08. The Morgan fingerprint density at radius 3 is 2.59 bits per heavy atom. The Labute approximate surface area is 100 Å². The predicted molar refractivity (Wildman–Crippen MR) is 69.3 cm³/mol. The number of nitrogen functional groups attached to an aromatic ring is 1. The van der Waals surface area contributed by atoms with Gasteiger partial charge in [-0.15, -0.1) is 0 Å². The minimum absolute atomic E-state index is 0.541. The maximum absolute atomic E-state index is 5.84. The van der Waals surface area contributed by atoms with Crippen LogP contribution < -0.4 is 15.4 Å². The van der Waals surface area contributed by atoms with E-state index in [1.807, 2.05) is 37.2 Å². The Kier molecular flexibility index (Phi) is 2.91. The summed E-state index contributed by atoms with van der Waals surface area (Å²) >= 11 is 0. The molecule has 0 aliphatic heterocycles. The molecule has 0 unspecified atom stereocenters. The average molecular weight is 232 g/mol. The number of methoxy groups -OCH3 is 1. The van der Waals surface area contributed by atoms with E-state index in [-0.39, 0.29) is 0 Å². The van der Waals surface area contributed by atoms with Crippen molar-refractivity contribution in [3.05, 3.63) is 24.4 Å². The molecular weight excluding hydrogens is 216 g/mol. The first-order chi connectivity index (χ1) is 8.13. The minimum atomic E-state index is 0.541. The van der Waals surface area contributed by atoms with Crippen LogP contribution in [0.5, 0.6) is 5.75 Å². The number of nitrogens with zero attached hydrogens (tertiary/aromatic N) is 2. The Hall–Kier alpha value is -2.17. The molecule has 0 radical (unpaired) electrons. The number of aromatic nitrogens is 2. The van der Waals surface area contributed by atoms with E-state index >= 15 is 0 Å². The molecule has 90 valence electrons. The molecule has 17 heavy (non-hydrogen) atoms. The third kappa shape index (κ3) is 2.04. The molecule has 5 heteroatoms. The second kappa shape index (κ2) is 4.37. The van der Waals surface area contributed by atoms with E-state index in [2.05, 4.69) is 10.2 Å². The van der Waals surface area contributed by atoms with Gasteiger partial charge in [-0.25, -0.2) is 0 Å². The van der Waals surface area contributed by atoms with Crippen LogP contribution in [0, 0.1) is 0 Å². The SMILES string of the molecule is COc1ccc(N(C)C)cc1-c1cn[nH]c1N. The predicted octanol–water partition coefficient (Wildman–Crippen LogP) is 1.73. The number of nitrogens with two attached hydrogens (primary N) is 1. The van der Waals surface area contributed by atoms with Crippen LogP contribution >= 0.6 is 0 Å². The van der Waals surface area contributed by atoms with Crippen molar-refractivity contribution < 1.29 is 4.74 Å². The molecule has 0 saturated carbocycles. The fourth-order valence-corrected chi connectivity index (χ4v) is 1.70. The molecule has 1 heterocycles. The van der Waals surface area contributed by atoms with Crippen LogP contribution in [0.15, 0.2) is 24.4 Å². The molecule has 0 aliphatic carbocycles. The highest BCUT2D eigenvalue weighted by atomic mass is 16.5. The van der Waals surface area contributed by atoms with E-state index in [9.17, 15) is 0 Å². The lowest BCUT2D eigenvalue weighted by Gasteiger charge is -2.15. The topological polar surface area (TPSA) is 67.2 Å². The van der Waals surface area contributed by atoms with Gasteiger partial charge in [0.1, 0.15) is 11.6 Å². The Morgan fingerprint density at radius 1 is 1.29 bits per heavy atom. The molecule has 1 aromatic carbocycles. The average Bonchev–Trinajstić information content (AvgIpc) is 2.74. The zero-order chi connectivity index (χ0) is 12.4. The first-order valence-electron chi connectivity index (χ1n) is 5.28. The van der Waals surface area contributed by atoms with Crippen molar-refractivity contribution in [2.75, 3.05) is 31.8 Å². The van der Waals surface area contributed by atoms with Crippen LogP contribution in [0.2, 0.25) is 0 Å². The first kappa shape index (κ1) is 11.3. The zero-order valence-corrected chi connectivity index (χ0v) is 10.2. The Balaban J connectivity index is 2.57. The van der Waals surface area contributed by atoms with Crippen molar-refractivity contribution in [1.82, 2.24) is 10.2 Å². The molecule has 0 atom stereocenters. The number of hydrogen-bond donors (Lipinski definition) is 2. The molecule has 0 spiro atoms. The van der Waals surface area contributed by atoms with Gasteiger partial charge in [0, 0.05) is 30.9 Å². The van der Waals surface area contributed by atoms with Crippen molar-refractivity contribution in [2.45, 2.75) is 0 Å². The molecule has 5 nitrogen and oxygen atoms in total. The Bertz CT molecular complexity index is 519. The third-order valence-electron chi connectivity index (χ3n) is 2.66. The molecule has 0 aliphatic rings. The molecular formula is C12H16N4O. The van der Waals surface area contributed by atoms with Crippen LogP contribution in [0.3, 0.4) is 0 Å². The van der Waals surface area contributed by atoms with E-state index in [1.165, 1.54) is 0 Å². The first-order valence-corrected chi connectivity index (χ1v) is 5.28. The molecule has 2 rings (SSSR count). The van der Waals surface area contributed by atoms with Gasteiger partial charge in [0.15, 0.2) is 0 Å². The van der Waals surface area contributed by atoms with Gasteiger partial charge in [-0.05, 0) is 18.2 Å². The van der Waals surface area contributed by atoms with E-state index < -0.39 is 0 Å². The van der Waals surface area contributed by atoms with Crippen LogP contribution in [0.4, 0.5) is 11.5 Å². The number of benzene rings is 1. The number of ether oxygens (including phenoxy) is 1. The summed E-state index contributed by atoms with van der Waals surface area (Å²) in [6, 6.07) is 5.95. The number of H-pyrrole nitrogens is 1. The van der Waals surface area contributed by atoms with Gasteiger partial charge in [-0.3, -0.25) is 5.10 Å². The number of nitrogens with one attached hydrogen (secondary N) is 1. The highest BCUT2D eigenvalue weighted by Crippen LogP contribution is 2.35. The monoisotopic (exact) mass is 232 g/mol. The van der Waals surface area contributed by atoms with Crippen LogP contribution in [-0.2, 0) is 0 Å². The summed E-state index contributed by atoms with van der Waals surface area (Å²) in [4.78, 5) is 2.03. The Morgan fingerprint density at radius 2 is 2.06 bits per heavy atom. The second-order valence-electron chi connectivity index (χ2n) is 3.98. The summed E-state index contributed by atoms with van der Waals surface area (Å²) in [5, 5.41) is 6.65. The van der Waals surface area contributed by atoms with Gasteiger partial charge < -0.3 is 15.4 Å². The molecule has 0 amide bonds. The highest BCUT2D eigenvalue weighted by molar-refractivity contribution is 5.80. The van der Waals surface area contributed by atoms with Gasteiger partial charge in [-0.1, -0.05) is 0 Å². The molecule has 0 saturated heterocycles. The van der Waals surface area contributed by atoms with Crippen LogP contribution in [0.25, 0.3) is 11.1 Å². The van der Waals surface area contributed by atoms with E-state index in [0.717, 1.165) is 22.6 Å². The summed E-state index contributed by atoms with van der Waals surface area (Å²) in [5.41, 5.74) is 8.71. The molecule has 3 N–H and O–H groups in total. The van der Waals surface area contributed by atoms with Crippen LogP contribution in [-0.4, -0.2) is 31.4 Å². The lowest BCUT2D eigenvalue weighted by molar-refractivity contribution is 0.416. The summed E-state index contributed by atoms with van der Waals surface area (Å²) in [5.74, 6) is 1.32. The normalized spacial score (nSPS) is 10.3. The van der Waals surface area contributed by atoms with E-state index in [4.69, 9.17) is 10.5 Å². The van der Waals surface area contributed by atoms with Crippen molar-refractivity contribution in [3.8, 4) is 16.9 Å². The number of hydrogen-bond acceptors (Lipinski definition) is 4. The number of aromatic amines is 1. The molecule has 1 aromatic heterocycles. The van der Waals surface area contributed by atoms with Gasteiger partial charge in [0.25, 0.3) is 0 Å². The van der Waals surface area contributed by atoms with Crippen molar-refractivity contribution in [3.63, 3.8) is 0 Å². The summed E-state index contributed by atoms with van der Waals surface area (Å²) < 4.78 is 5.34. The zero-order valence-electron chi connectivity index (χ0n) is 10.2.